The smallest absolute Gasteiger partial charge is 0.191 e. The number of rotatable bonds is 10. The summed E-state index contributed by atoms with van der Waals surface area (Å²) in [6, 6.07) is 8.22. The molecule has 0 saturated heterocycles. The number of thiazole rings is 1. The topological polar surface area (TPSA) is 87.2 Å². The molecule has 0 saturated carbocycles. The number of benzene rings is 1. The van der Waals surface area contributed by atoms with Gasteiger partial charge in [-0.1, -0.05) is 49.0 Å². The van der Waals surface area contributed by atoms with E-state index < -0.39 is 0 Å². The minimum absolute atomic E-state index is 0.680. The summed E-state index contributed by atoms with van der Waals surface area (Å²) in [7, 11) is 0. The van der Waals surface area contributed by atoms with Crippen molar-refractivity contribution in [1.29, 1.82) is 0 Å². The highest BCUT2D eigenvalue weighted by Crippen LogP contribution is 2.31. The third kappa shape index (κ3) is 4.78. The van der Waals surface area contributed by atoms with Gasteiger partial charge in [0.25, 0.3) is 0 Å². The molecule has 0 atom stereocenters. The van der Waals surface area contributed by atoms with Gasteiger partial charge in [-0.15, -0.1) is 26.6 Å². The molecule has 4 aromatic rings. The van der Waals surface area contributed by atoms with Gasteiger partial charge in [0.15, 0.2) is 15.3 Å². The molecular formula is C18H22N8S3. The van der Waals surface area contributed by atoms with Crippen molar-refractivity contribution in [3.8, 4) is 0 Å². The van der Waals surface area contributed by atoms with Crippen molar-refractivity contribution >= 4 is 45.1 Å². The molecule has 152 valence electrons. The van der Waals surface area contributed by atoms with Gasteiger partial charge in [0.05, 0.1) is 21.7 Å². The number of fused-ring (bicyclic) bond motifs is 1. The second kappa shape index (κ2) is 9.68. The maximum atomic E-state index is 4.69. The van der Waals surface area contributed by atoms with Gasteiger partial charge >= 0.3 is 0 Å². The lowest BCUT2D eigenvalue weighted by Crippen LogP contribution is -2.06. The van der Waals surface area contributed by atoms with E-state index in [9.17, 15) is 0 Å². The van der Waals surface area contributed by atoms with Crippen LogP contribution in [0.3, 0.4) is 0 Å². The highest BCUT2D eigenvalue weighted by Gasteiger charge is 2.15. The molecule has 29 heavy (non-hydrogen) atoms. The normalized spacial score (nSPS) is 11.5. The van der Waals surface area contributed by atoms with E-state index in [1.165, 1.54) is 4.70 Å². The van der Waals surface area contributed by atoms with E-state index in [1.807, 2.05) is 22.9 Å². The largest absolute Gasteiger partial charge is 0.306 e. The Labute approximate surface area is 181 Å². The highest BCUT2D eigenvalue weighted by molar-refractivity contribution is 8.00. The fraction of sp³-hybridized carbons (Fsp3) is 0.444. The molecule has 3 aromatic heterocycles. The van der Waals surface area contributed by atoms with Gasteiger partial charge in [0.1, 0.15) is 5.82 Å². The summed E-state index contributed by atoms with van der Waals surface area (Å²) in [5.41, 5.74) is 1.05. The third-order valence-corrected chi connectivity index (χ3v) is 7.51. The van der Waals surface area contributed by atoms with Gasteiger partial charge in [0, 0.05) is 13.1 Å². The minimum atomic E-state index is 0.680. The zero-order valence-corrected chi connectivity index (χ0v) is 18.8. The van der Waals surface area contributed by atoms with Crippen LogP contribution in [0.15, 0.2) is 33.8 Å². The molecule has 3 heterocycles. The van der Waals surface area contributed by atoms with Crippen LogP contribution < -0.4 is 0 Å². The molecule has 0 unspecified atom stereocenters. The SMILES string of the molecule is CCCCn1nnnc1CSc1nnc(CSc2nc3ccccc3s2)n1CC. The van der Waals surface area contributed by atoms with Crippen LogP contribution in [0.25, 0.3) is 10.2 Å². The summed E-state index contributed by atoms with van der Waals surface area (Å²) in [4.78, 5) is 4.69. The summed E-state index contributed by atoms with van der Waals surface area (Å²) in [6.07, 6.45) is 2.19. The van der Waals surface area contributed by atoms with Crippen LogP contribution in [0, 0.1) is 0 Å². The summed E-state index contributed by atoms with van der Waals surface area (Å²) < 4.78 is 6.31. The second-order valence-corrected chi connectivity index (χ2v) is 9.54. The Morgan fingerprint density at radius 1 is 1.00 bits per heavy atom. The Morgan fingerprint density at radius 3 is 2.69 bits per heavy atom. The average molecular weight is 447 g/mol. The van der Waals surface area contributed by atoms with E-state index >= 15 is 0 Å². The zero-order valence-electron chi connectivity index (χ0n) is 16.4. The lowest BCUT2D eigenvalue weighted by molar-refractivity contribution is 0.540. The number of aromatic nitrogens is 8. The van der Waals surface area contributed by atoms with E-state index in [0.717, 1.165) is 58.3 Å². The molecule has 0 amide bonds. The molecule has 1 aromatic carbocycles. The second-order valence-electron chi connectivity index (χ2n) is 6.34. The molecule has 0 aliphatic rings. The molecule has 8 nitrogen and oxygen atoms in total. The Hall–Kier alpha value is -1.98. The number of thioether (sulfide) groups is 2. The van der Waals surface area contributed by atoms with Crippen LogP contribution in [0.5, 0.6) is 0 Å². The molecule has 0 radical (unpaired) electrons. The lowest BCUT2D eigenvalue weighted by atomic mass is 10.3. The van der Waals surface area contributed by atoms with E-state index in [0.29, 0.717) is 5.75 Å². The molecule has 0 bridgehead atoms. The maximum Gasteiger partial charge on any atom is 0.191 e. The fourth-order valence-corrected chi connectivity index (χ4v) is 5.79. The van der Waals surface area contributed by atoms with Crippen LogP contribution in [0.4, 0.5) is 0 Å². The Kier molecular flexibility index (Phi) is 6.78. The van der Waals surface area contributed by atoms with Crippen LogP contribution in [0.1, 0.15) is 38.3 Å². The van der Waals surface area contributed by atoms with Crippen molar-refractivity contribution in [1.82, 2.24) is 40.0 Å². The number of tetrazole rings is 1. The lowest BCUT2D eigenvalue weighted by Gasteiger charge is -2.07. The molecule has 0 spiro atoms. The summed E-state index contributed by atoms with van der Waals surface area (Å²) in [5.74, 6) is 3.26. The first-order chi connectivity index (χ1) is 14.3. The van der Waals surface area contributed by atoms with Gasteiger partial charge < -0.3 is 4.57 Å². The first kappa shape index (κ1) is 20.3. The van der Waals surface area contributed by atoms with Gasteiger partial charge in [-0.05, 0) is 35.9 Å². The monoisotopic (exact) mass is 446 g/mol. The van der Waals surface area contributed by atoms with E-state index in [4.69, 9.17) is 0 Å². The number of unbranched alkanes of at least 4 members (excludes halogenated alkanes) is 1. The van der Waals surface area contributed by atoms with Crippen LogP contribution in [-0.2, 0) is 24.6 Å². The standard InChI is InChI=1S/C18H22N8S3/c1-3-5-10-26-16(21-23-24-26)12-27-17-22-20-15(25(17)4-2)11-28-18-19-13-8-6-7-9-14(13)29-18/h6-9H,3-5,10-12H2,1-2H3. The van der Waals surface area contributed by atoms with E-state index in [2.05, 4.69) is 55.2 Å². The number of hydrogen-bond acceptors (Lipinski definition) is 9. The molecule has 0 N–H and O–H groups in total. The first-order valence-corrected chi connectivity index (χ1v) is 12.4. The summed E-state index contributed by atoms with van der Waals surface area (Å²) >= 11 is 5.05. The van der Waals surface area contributed by atoms with Gasteiger partial charge in [0.2, 0.25) is 0 Å². The van der Waals surface area contributed by atoms with Gasteiger partial charge in [-0.2, -0.15) is 0 Å². The van der Waals surface area contributed by atoms with E-state index in [1.54, 1.807) is 34.9 Å². The average Bonchev–Trinajstić information content (AvgIpc) is 3.46. The minimum Gasteiger partial charge on any atom is -0.306 e. The predicted molar refractivity (Wildman–Crippen MR) is 117 cm³/mol. The first-order valence-electron chi connectivity index (χ1n) is 9.56. The number of nitrogens with zero attached hydrogens (tertiary/aromatic N) is 8. The van der Waals surface area contributed by atoms with Crippen molar-refractivity contribution in [2.75, 3.05) is 0 Å². The summed E-state index contributed by atoms with van der Waals surface area (Å²) in [5, 5.41) is 21.8. The Balaban J connectivity index is 1.40. The molecular weight excluding hydrogens is 424 g/mol. The molecule has 0 aliphatic heterocycles. The number of hydrogen-bond donors (Lipinski definition) is 0. The highest BCUT2D eigenvalue weighted by atomic mass is 32.2. The number of aryl methyl sites for hydroxylation is 1. The fourth-order valence-electron chi connectivity index (χ4n) is 2.83. The maximum absolute atomic E-state index is 4.69. The molecule has 4 rings (SSSR count). The van der Waals surface area contributed by atoms with Crippen molar-refractivity contribution in [3.05, 3.63) is 35.9 Å². The van der Waals surface area contributed by atoms with Crippen molar-refractivity contribution in [2.45, 2.75) is 60.8 Å². The van der Waals surface area contributed by atoms with Crippen LogP contribution >= 0.6 is 34.9 Å². The Morgan fingerprint density at radius 2 is 1.86 bits per heavy atom. The van der Waals surface area contributed by atoms with Crippen LogP contribution in [-0.4, -0.2) is 40.0 Å². The Bertz CT molecular complexity index is 1040. The van der Waals surface area contributed by atoms with Crippen molar-refractivity contribution in [2.24, 2.45) is 0 Å². The zero-order chi connectivity index (χ0) is 20.1. The predicted octanol–water partition coefficient (Wildman–Crippen LogP) is 4.28. The molecule has 0 fully saturated rings. The van der Waals surface area contributed by atoms with E-state index in [-0.39, 0.29) is 0 Å². The van der Waals surface area contributed by atoms with Crippen molar-refractivity contribution in [3.63, 3.8) is 0 Å². The number of para-hydroxylation sites is 1. The molecule has 11 heteroatoms. The molecule has 0 aliphatic carbocycles. The van der Waals surface area contributed by atoms with Crippen LogP contribution in [0.2, 0.25) is 0 Å². The van der Waals surface area contributed by atoms with Gasteiger partial charge in [-0.25, -0.2) is 9.67 Å². The quantitative estimate of drug-likeness (QED) is 0.334. The van der Waals surface area contributed by atoms with Gasteiger partial charge in [-0.3, -0.25) is 0 Å². The van der Waals surface area contributed by atoms with Crippen molar-refractivity contribution < 1.29 is 0 Å². The third-order valence-electron chi connectivity index (χ3n) is 4.37. The summed E-state index contributed by atoms with van der Waals surface area (Å²) in [6.45, 7) is 5.96.